The van der Waals surface area contributed by atoms with Crippen LogP contribution >= 0.6 is 15.9 Å². The lowest BCUT2D eigenvalue weighted by atomic mass is 10.5. The van der Waals surface area contributed by atoms with E-state index >= 15 is 0 Å². The SMILES string of the molecule is [C]#CCCBr. The Balaban J connectivity index is 2.48. The molecule has 0 aromatic carbocycles. The molecule has 0 amide bonds. The lowest BCUT2D eigenvalue weighted by Crippen LogP contribution is -1.59. The normalized spacial score (nSPS) is 6.40. The fourth-order valence-corrected chi connectivity index (χ4v) is 0.245. The van der Waals surface area contributed by atoms with Gasteiger partial charge in [-0.25, -0.2) is 0 Å². The molecule has 1 heteroatoms. The van der Waals surface area contributed by atoms with Crippen molar-refractivity contribution >= 4 is 15.9 Å². The van der Waals surface area contributed by atoms with Gasteiger partial charge in [0.05, 0.1) is 0 Å². The Kier molecular flexibility index (Phi) is 4.07. The average molecular weight is 132 g/mol. The van der Waals surface area contributed by atoms with E-state index < -0.39 is 0 Å². The quantitative estimate of drug-likeness (QED) is 0.373. The van der Waals surface area contributed by atoms with E-state index in [1.165, 1.54) is 0 Å². The molecule has 5 heavy (non-hydrogen) atoms. The van der Waals surface area contributed by atoms with E-state index in [9.17, 15) is 0 Å². The highest BCUT2D eigenvalue weighted by molar-refractivity contribution is 9.09. The first-order chi connectivity index (χ1) is 2.41. The van der Waals surface area contributed by atoms with Crippen molar-refractivity contribution in [3.05, 3.63) is 6.42 Å². The predicted molar refractivity (Wildman–Crippen MR) is 25.5 cm³/mol. The molecule has 0 aromatic rings. The van der Waals surface area contributed by atoms with Crippen LogP contribution in [0.25, 0.3) is 0 Å². The van der Waals surface area contributed by atoms with E-state index in [2.05, 4.69) is 21.9 Å². The van der Waals surface area contributed by atoms with Gasteiger partial charge < -0.3 is 0 Å². The molecule has 0 nitrogen and oxygen atoms in total. The second-order valence-corrected chi connectivity index (χ2v) is 1.41. The Hall–Kier alpha value is 0.0400. The maximum Gasteiger partial charge on any atom is 0.0196 e. The van der Waals surface area contributed by atoms with Crippen LogP contribution in [0.4, 0.5) is 0 Å². The summed E-state index contributed by atoms with van der Waals surface area (Å²) >= 11 is 3.13. The van der Waals surface area contributed by atoms with Gasteiger partial charge in [-0.3, -0.25) is 0 Å². The van der Waals surface area contributed by atoms with Gasteiger partial charge in [0.25, 0.3) is 0 Å². The van der Waals surface area contributed by atoms with E-state index in [4.69, 9.17) is 6.42 Å². The van der Waals surface area contributed by atoms with Crippen LogP contribution in [0.1, 0.15) is 6.42 Å². The average Bonchev–Trinajstić information content (AvgIpc) is 1.41. The van der Waals surface area contributed by atoms with Gasteiger partial charge in [0.2, 0.25) is 0 Å². The van der Waals surface area contributed by atoms with Crippen molar-refractivity contribution in [2.24, 2.45) is 0 Å². The molecule has 0 unspecified atom stereocenters. The number of hydrogen-bond acceptors (Lipinski definition) is 0. The van der Waals surface area contributed by atoms with Gasteiger partial charge in [0.1, 0.15) is 0 Å². The van der Waals surface area contributed by atoms with Crippen LogP contribution in [0.2, 0.25) is 0 Å². The Bertz CT molecular complexity index is 42.1. The van der Waals surface area contributed by atoms with Crippen molar-refractivity contribution in [2.45, 2.75) is 6.42 Å². The van der Waals surface area contributed by atoms with Crippen molar-refractivity contribution in [3.8, 4) is 5.92 Å². The summed E-state index contributed by atoms with van der Waals surface area (Å²) in [5.41, 5.74) is 0. The molecule has 0 spiro atoms. The fourth-order valence-electron chi connectivity index (χ4n) is 0.0472. The zero-order chi connectivity index (χ0) is 4.12. The van der Waals surface area contributed by atoms with Gasteiger partial charge in [-0.1, -0.05) is 21.9 Å². The van der Waals surface area contributed by atoms with Gasteiger partial charge >= 0.3 is 0 Å². The molecule has 0 aliphatic carbocycles. The second-order valence-electron chi connectivity index (χ2n) is 0.616. The smallest absolute Gasteiger partial charge is 0.0196 e. The third-order valence-electron chi connectivity index (χ3n) is 0.219. The number of alkyl halides is 1. The highest BCUT2D eigenvalue weighted by Crippen LogP contribution is 1.81. The summed E-state index contributed by atoms with van der Waals surface area (Å²) < 4.78 is 0. The van der Waals surface area contributed by atoms with Gasteiger partial charge in [0.15, 0.2) is 0 Å². The van der Waals surface area contributed by atoms with Gasteiger partial charge in [-0.05, 0) is 6.42 Å². The fraction of sp³-hybridized carbons (Fsp3) is 0.500. The molecule has 0 bridgehead atoms. The van der Waals surface area contributed by atoms with Crippen LogP contribution in [0.15, 0.2) is 0 Å². The van der Waals surface area contributed by atoms with E-state index in [0.717, 1.165) is 11.8 Å². The van der Waals surface area contributed by atoms with Crippen LogP contribution in [0, 0.1) is 12.3 Å². The van der Waals surface area contributed by atoms with Crippen LogP contribution in [-0.2, 0) is 0 Å². The highest BCUT2D eigenvalue weighted by atomic mass is 79.9. The van der Waals surface area contributed by atoms with E-state index in [1.807, 2.05) is 0 Å². The summed E-state index contributed by atoms with van der Waals surface area (Å²) in [5, 5.41) is 0.858. The van der Waals surface area contributed by atoms with Gasteiger partial charge in [-0.2, -0.15) is 0 Å². The molecule has 0 aromatic heterocycles. The standard InChI is InChI=1S/C4H4Br/c1-2-3-4-5/h3-4H2. The molecule has 0 rings (SSSR count). The van der Waals surface area contributed by atoms with Crippen LogP contribution in [-0.4, -0.2) is 5.33 Å². The molecule has 1 radical (unpaired) electrons. The number of halogens is 1. The maximum atomic E-state index is 6.32. The van der Waals surface area contributed by atoms with E-state index in [1.54, 1.807) is 0 Å². The topological polar surface area (TPSA) is 0 Å². The van der Waals surface area contributed by atoms with Crippen molar-refractivity contribution < 1.29 is 0 Å². The zero-order valence-electron chi connectivity index (χ0n) is 2.79. The second kappa shape index (κ2) is 4.04. The Morgan fingerprint density at radius 2 is 2.40 bits per heavy atom. The summed E-state index contributed by atoms with van der Waals surface area (Å²) in [4.78, 5) is 0. The first-order valence-electron chi connectivity index (χ1n) is 1.37. The summed E-state index contributed by atoms with van der Waals surface area (Å²) in [7, 11) is 0. The Labute approximate surface area is 40.7 Å². The van der Waals surface area contributed by atoms with Gasteiger partial charge in [-0.15, -0.1) is 0 Å². The minimum absolute atomic E-state index is 0.722. The Morgan fingerprint density at radius 1 is 1.80 bits per heavy atom. The van der Waals surface area contributed by atoms with E-state index in [-0.39, 0.29) is 0 Å². The molecule has 27 valence electrons. The lowest BCUT2D eigenvalue weighted by Gasteiger charge is -1.66. The van der Waals surface area contributed by atoms with Crippen molar-refractivity contribution in [1.82, 2.24) is 0 Å². The van der Waals surface area contributed by atoms with Crippen molar-refractivity contribution in [2.75, 3.05) is 5.33 Å². The molecule has 0 aliphatic heterocycles. The first kappa shape index (κ1) is 5.04. The monoisotopic (exact) mass is 131 g/mol. The maximum absolute atomic E-state index is 6.32. The molecule has 0 heterocycles. The van der Waals surface area contributed by atoms with Crippen LogP contribution in [0.3, 0.4) is 0 Å². The van der Waals surface area contributed by atoms with E-state index in [0.29, 0.717) is 0 Å². The molecule has 0 saturated heterocycles. The minimum Gasteiger partial charge on any atom is -0.0918 e. The minimum atomic E-state index is 0.722. The summed E-state index contributed by atoms with van der Waals surface area (Å²) in [6.45, 7) is 0. The third-order valence-corrected chi connectivity index (χ3v) is 0.616. The number of rotatable bonds is 1. The molecular formula is C4H4Br. The van der Waals surface area contributed by atoms with Crippen LogP contribution in [0.5, 0.6) is 0 Å². The summed E-state index contributed by atoms with van der Waals surface area (Å²) in [5.74, 6) is 2.22. The molecular weight excluding hydrogens is 128 g/mol. The van der Waals surface area contributed by atoms with Crippen LogP contribution < -0.4 is 0 Å². The van der Waals surface area contributed by atoms with Crippen molar-refractivity contribution in [1.29, 1.82) is 0 Å². The Morgan fingerprint density at radius 3 is 2.40 bits per heavy atom. The largest absolute Gasteiger partial charge is 0.0918 e. The number of hydrogen-bond donors (Lipinski definition) is 0. The lowest BCUT2D eigenvalue weighted by molar-refractivity contribution is 1.32. The molecule has 0 aliphatic rings. The predicted octanol–water partition coefficient (Wildman–Crippen LogP) is 1.36. The zero-order valence-corrected chi connectivity index (χ0v) is 4.38. The highest BCUT2D eigenvalue weighted by Gasteiger charge is 1.64. The molecule has 0 fully saturated rings. The third kappa shape index (κ3) is 4.04. The summed E-state index contributed by atoms with van der Waals surface area (Å²) in [6, 6.07) is 0. The van der Waals surface area contributed by atoms with Crippen molar-refractivity contribution in [3.63, 3.8) is 0 Å². The molecule has 0 N–H and O–H groups in total. The van der Waals surface area contributed by atoms with Gasteiger partial charge in [0, 0.05) is 11.8 Å². The molecule has 0 atom stereocenters. The first-order valence-corrected chi connectivity index (χ1v) is 2.49. The molecule has 0 saturated carbocycles. The summed E-state index contributed by atoms with van der Waals surface area (Å²) in [6.07, 6.45) is 7.04.